The molecule has 8 N–H and O–H groups in total. The number of Topliss-reactive ketones (excluding diaryl/α,β-unsaturated/α-hetero) is 2. The van der Waals surface area contributed by atoms with Gasteiger partial charge in [0, 0.05) is 23.5 Å². The third-order valence-electron chi connectivity index (χ3n) is 7.41. The molecule has 0 aliphatic heterocycles. The highest BCUT2D eigenvalue weighted by Crippen LogP contribution is 2.53. The maximum absolute atomic E-state index is 13.5. The van der Waals surface area contributed by atoms with Crippen molar-refractivity contribution in [3.05, 3.63) is 70.0 Å². The number of primary amides is 2. The molecule has 3 atom stereocenters. The first-order valence-electron chi connectivity index (χ1n) is 11.2. The number of hydrogen-bond acceptors (Lipinski definition) is 8. The van der Waals surface area contributed by atoms with Crippen molar-refractivity contribution in [3.8, 4) is 16.9 Å². The van der Waals surface area contributed by atoms with Crippen LogP contribution in [0.5, 0.6) is 5.75 Å². The van der Waals surface area contributed by atoms with E-state index in [-0.39, 0.29) is 35.3 Å². The highest BCUT2D eigenvalue weighted by molar-refractivity contribution is 6.22. The van der Waals surface area contributed by atoms with Gasteiger partial charge in [0.25, 0.3) is 5.91 Å². The predicted octanol–water partition coefficient (Wildman–Crippen LogP) is 1.19. The average Bonchev–Trinajstić information content (AvgIpc) is 2.81. The molecule has 0 bridgehead atoms. The minimum atomic E-state index is -2.61. The molecule has 0 radical (unpaired) electrons. The van der Waals surface area contributed by atoms with Gasteiger partial charge in [0.2, 0.25) is 11.7 Å². The molecule has 2 amide bonds. The monoisotopic (exact) mass is 490 g/mol. The molecule has 3 aliphatic rings. The molecule has 184 valence electrons. The molecule has 0 unspecified atom stereocenters. The fourth-order valence-electron chi connectivity index (χ4n) is 5.73. The van der Waals surface area contributed by atoms with Gasteiger partial charge in [-0.05, 0) is 53.6 Å². The Labute approximate surface area is 204 Å². The third kappa shape index (κ3) is 3.07. The van der Waals surface area contributed by atoms with Gasteiger partial charge in [-0.15, -0.1) is 0 Å². The maximum atomic E-state index is 13.5. The van der Waals surface area contributed by atoms with Gasteiger partial charge in [-0.2, -0.15) is 0 Å². The molecule has 3 aliphatic carbocycles. The van der Waals surface area contributed by atoms with E-state index < -0.39 is 64.3 Å². The van der Waals surface area contributed by atoms with E-state index in [0.717, 1.165) is 0 Å². The molecule has 0 heterocycles. The molecule has 0 spiro atoms. The van der Waals surface area contributed by atoms with Crippen LogP contribution in [-0.4, -0.2) is 49.4 Å². The SMILES string of the molecule is NC(=O)C1=C(O)[C@@]2(O)C(=O)C3=C(O)c4c(O)ccc(-c5cccc(C(N)=O)c5)c4C[C@H]3C[C@H]2CC1=O. The number of nitrogens with two attached hydrogens (primary N) is 2. The van der Waals surface area contributed by atoms with Crippen molar-refractivity contribution in [2.75, 3.05) is 0 Å². The summed E-state index contributed by atoms with van der Waals surface area (Å²) < 4.78 is 0. The number of phenols is 1. The Balaban J connectivity index is 1.70. The Morgan fingerprint density at radius 3 is 2.36 bits per heavy atom. The lowest BCUT2D eigenvalue weighted by Gasteiger charge is -2.46. The van der Waals surface area contributed by atoms with Gasteiger partial charge in [0.1, 0.15) is 22.8 Å². The first kappa shape index (κ1) is 23.3. The van der Waals surface area contributed by atoms with E-state index in [1.165, 1.54) is 6.07 Å². The second-order valence-corrected chi connectivity index (χ2v) is 9.34. The number of carbonyl (C=O) groups is 4. The van der Waals surface area contributed by atoms with Gasteiger partial charge in [0.15, 0.2) is 11.4 Å². The van der Waals surface area contributed by atoms with Crippen molar-refractivity contribution >= 4 is 29.1 Å². The number of fused-ring (bicyclic) bond motifs is 3. The topological polar surface area (TPSA) is 201 Å². The minimum Gasteiger partial charge on any atom is -0.508 e. The minimum absolute atomic E-state index is 0.0240. The summed E-state index contributed by atoms with van der Waals surface area (Å²) in [5.74, 6) is -7.46. The van der Waals surface area contributed by atoms with Gasteiger partial charge in [-0.3, -0.25) is 19.2 Å². The Hall–Kier alpha value is -4.44. The van der Waals surface area contributed by atoms with E-state index in [4.69, 9.17) is 11.5 Å². The van der Waals surface area contributed by atoms with Gasteiger partial charge in [-0.25, -0.2) is 0 Å². The summed E-state index contributed by atoms with van der Waals surface area (Å²) in [6.07, 6.45) is -0.214. The molecule has 2 aromatic carbocycles. The molecular formula is C26H22N2O8. The summed E-state index contributed by atoms with van der Waals surface area (Å²) in [6, 6.07) is 9.44. The summed E-state index contributed by atoms with van der Waals surface area (Å²) in [6.45, 7) is 0. The Bertz CT molecular complexity index is 1470. The van der Waals surface area contributed by atoms with Crippen molar-refractivity contribution in [2.45, 2.75) is 24.9 Å². The molecule has 10 heteroatoms. The predicted molar refractivity (Wildman–Crippen MR) is 125 cm³/mol. The zero-order valence-corrected chi connectivity index (χ0v) is 18.8. The molecular weight excluding hydrogens is 468 g/mol. The van der Waals surface area contributed by atoms with Crippen molar-refractivity contribution in [1.82, 2.24) is 0 Å². The van der Waals surface area contributed by atoms with Crippen LogP contribution >= 0.6 is 0 Å². The summed E-state index contributed by atoms with van der Waals surface area (Å²) >= 11 is 0. The fourth-order valence-corrected chi connectivity index (χ4v) is 5.73. The largest absolute Gasteiger partial charge is 0.508 e. The molecule has 1 saturated carbocycles. The van der Waals surface area contributed by atoms with Crippen LogP contribution in [0.1, 0.15) is 34.3 Å². The number of benzene rings is 2. The zero-order chi connectivity index (χ0) is 26.1. The third-order valence-corrected chi connectivity index (χ3v) is 7.41. The lowest BCUT2D eigenvalue weighted by Crippen LogP contribution is -2.58. The van der Waals surface area contributed by atoms with E-state index in [0.29, 0.717) is 16.7 Å². The molecule has 36 heavy (non-hydrogen) atoms. The highest BCUT2D eigenvalue weighted by atomic mass is 16.3. The lowest BCUT2D eigenvalue weighted by atomic mass is 9.59. The van der Waals surface area contributed by atoms with E-state index in [2.05, 4.69) is 0 Å². The average molecular weight is 490 g/mol. The normalized spacial score (nSPS) is 25.2. The number of rotatable bonds is 3. The van der Waals surface area contributed by atoms with Crippen LogP contribution in [0.2, 0.25) is 0 Å². The quantitative estimate of drug-likeness (QED) is 0.344. The highest BCUT2D eigenvalue weighted by Gasteiger charge is 2.60. The lowest BCUT2D eigenvalue weighted by molar-refractivity contribution is -0.147. The van der Waals surface area contributed by atoms with Crippen molar-refractivity contribution in [2.24, 2.45) is 23.3 Å². The standard InChI is InChI=1S/C26H22N2O8/c27-24(34)11-3-1-2-10(6-11)14-4-5-16(29)19-15(14)8-12-7-13-9-17(30)20(25(28)35)23(33)26(13,36)22(32)18(12)21(19)31/h1-6,12-13,29,31,33,36H,7-9H2,(H2,27,34)(H2,28,35)/t12-,13+,26+/m1/s1. The number of phenolic OH excluding ortho intramolecular Hbond substituents is 1. The van der Waals surface area contributed by atoms with Gasteiger partial charge in [0.05, 0.1) is 5.56 Å². The Kier molecular flexibility index (Phi) is 5.04. The summed E-state index contributed by atoms with van der Waals surface area (Å²) in [5, 5.41) is 43.7. The molecule has 10 nitrogen and oxygen atoms in total. The zero-order valence-electron chi connectivity index (χ0n) is 18.8. The molecule has 1 fully saturated rings. The number of carbonyl (C=O) groups excluding carboxylic acids is 4. The van der Waals surface area contributed by atoms with E-state index >= 15 is 0 Å². The van der Waals surface area contributed by atoms with Crippen LogP contribution in [0.25, 0.3) is 16.9 Å². The second kappa shape index (κ2) is 7.79. The van der Waals surface area contributed by atoms with E-state index in [9.17, 15) is 39.6 Å². The molecule has 0 saturated heterocycles. The van der Waals surface area contributed by atoms with Crippen LogP contribution in [0, 0.1) is 11.8 Å². The van der Waals surface area contributed by atoms with Crippen molar-refractivity contribution < 1.29 is 39.6 Å². The van der Waals surface area contributed by atoms with Crippen LogP contribution in [0.15, 0.2) is 53.3 Å². The molecule has 0 aromatic heterocycles. The number of amides is 2. The maximum Gasteiger partial charge on any atom is 0.255 e. The van der Waals surface area contributed by atoms with Gasteiger partial charge >= 0.3 is 0 Å². The van der Waals surface area contributed by atoms with Gasteiger partial charge in [-0.1, -0.05) is 18.2 Å². The fraction of sp³-hybridized carbons (Fsp3) is 0.231. The summed E-state index contributed by atoms with van der Waals surface area (Å²) in [7, 11) is 0. The van der Waals surface area contributed by atoms with Crippen LogP contribution in [0.4, 0.5) is 0 Å². The Morgan fingerprint density at radius 2 is 1.69 bits per heavy atom. The molecule has 5 rings (SSSR count). The number of aliphatic hydroxyl groups is 3. The van der Waals surface area contributed by atoms with Gasteiger partial charge < -0.3 is 31.9 Å². The summed E-state index contributed by atoms with van der Waals surface area (Å²) in [5.41, 5.74) is 8.85. The number of aromatic hydroxyl groups is 1. The van der Waals surface area contributed by atoms with E-state index in [1.54, 1.807) is 30.3 Å². The van der Waals surface area contributed by atoms with Crippen LogP contribution < -0.4 is 11.5 Å². The first-order valence-corrected chi connectivity index (χ1v) is 11.2. The van der Waals surface area contributed by atoms with Crippen LogP contribution in [0.3, 0.4) is 0 Å². The molecule has 2 aromatic rings. The second-order valence-electron chi connectivity index (χ2n) is 9.34. The first-order chi connectivity index (χ1) is 17.0. The smallest absolute Gasteiger partial charge is 0.255 e. The Morgan fingerprint density at radius 1 is 0.972 bits per heavy atom. The number of hydrogen-bond donors (Lipinski definition) is 6. The van der Waals surface area contributed by atoms with E-state index in [1.807, 2.05) is 0 Å². The number of aliphatic hydroxyl groups excluding tert-OH is 2. The van der Waals surface area contributed by atoms with Crippen molar-refractivity contribution in [3.63, 3.8) is 0 Å². The number of ketones is 2. The van der Waals surface area contributed by atoms with Crippen LogP contribution in [-0.2, 0) is 20.8 Å². The van der Waals surface area contributed by atoms with Crippen molar-refractivity contribution in [1.29, 1.82) is 0 Å². The summed E-state index contributed by atoms with van der Waals surface area (Å²) in [4.78, 5) is 49.4.